The van der Waals surface area contributed by atoms with Gasteiger partial charge in [0.25, 0.3) is 0 Å². The fraction of sp³-hybridized carbons (Fsp3) is 0.364. The standard InChI is InChI=1S/C22H26N6O2/c1-3-21(30)25-16-12-17-18(14-24-22(17)23-13-16)19-6-4-7-20(26-19)28-9-5-8-27(10-11-28)15(2)29/h4,6-7,12-14H,3,5,8-11H2,1-2H3,(H,23,24)(H,25,30). The third-order valence-corrected chi connectivity index (χ3v) is 5.41. The van der Waals surface area contributed by atoms with Gasteiger partial charge in [-0.15, -0.1) is 0 Å². The normalized spacial score (nSPS) is 14.6. The van der Waals surface area contributed by atoms with Gasteiger partial charge in [0.1, 0.15) is 11.5 Å². The van der Waals surface area contributed by atoms with Crippen LogP contribution in [-0.4, -0.2) is 57.8 Å². The van der Waals surface area contributed by atoms with E-state index in [9.17, 15) is 9.59 Å². The Morgan fingerprint density at radius 3 is 2.87 bits per heavy atom. The third-order valence-electron chi connectivity index (χ3n) is 5.41. The summed E-state index contributed by atoms with van der Waals surface area (Å²) in [6, 6.07) is 7.91. The molecule has 2 amide bonds. The molecule has 0 radical (unpaired) electrons. The van der Waals surface area contributed by atoms with Gasteiger partial charge >= 0.3 is 0 Å². The number of carbonyl (C=O) groups is 2. The van der Waals surface area contributed by atoms with Crippen LogP contribution >= 0.6 is 0 Å². The van der Waals surface area contributed by atoms with Gasteiger partial charge in [0.15, 0.2) is 0 Å². The molecule has 4 rings (SSSR count). The average Bonchev–Trinajstić information content (AvgIpc) is 3.00. The number of amides is 2. The van der Waals surface area contributed by atoms with E-state index in [-0.39, 0.29) is 11.8 Å². The molecular formula is C22H26N6O2. The summed E-state index contributed by atoms with van der Waals surface area (Å²) >= 11 is 0. The maximum absolute atomic E-state index is 11.7. The van der Waals surface area contributed by atoms with Crippen molar-refractivity contribution in [1.82, 2.24) is 19.9 Å². The lowest BCUT2D eigenvalue weighted by atomic mass is 10.1. The topological polar surface area (TPSA) is 94.2 Å². The first-order valence-corrected chi connectivity index (χ1v) is 10.3. The zero-order valence-electron chi connectivity index (χ0n) is 17.3. The molecule has 4 heterocycles. The Morgan fingerprint density at radius 1 is 1.20 bits per heavy atom. The van der Waals surface area contributed by atoms with E-state index in [2.05, 4.69) is 20.2 Å². The van der Waals surface area contributed by atoms with Gasteiger partial charge in [-0.05, 0) is 24.6 Å². The molecular weight excluding hydrogens is 380 g/mol. The lowest BCUT2D eigenvalue weighted by Gasteiger charge is -2.22. The summed E-state index contributed by atoms with van der Waals surface area (Å²) in [7, 11) is 0. The van der Waals surface area contributed by atoms with Crippen molar-refractivity contribution in [3.63, 3.8) is 0 Å². The molecule has 3 aromatic rings. The van der Waals surface area contributed by atoms with Crippen LogP contribution < -0.4 is 10.2 Å². The lowest BCUT2D eigenvalue weighted by Crippen LogP contribution is -2.33. The maximum atomic E-state index is 11.7. The van der Waals surface area contributed by atoms with Gasteiger partial charge in [-0.2, -0.15) is 0 Å². The van der Waals surface area contributed by atoms with Crippen LogP contribution in [0, 0.1) is 0 Å². The van der Waals surface area contributed by atoms with E-state index in [1.807, 2.05) is 42.3 Å². The van der Waals surface area contributed by atoms with Crippen LogP contribution in [-0.2, 0) is 9.59 Å². The highest BCUT2D eigenvalue weighted by atomic mass is 16.2. The number of hydrogen-bond acceptors (Lipinski definition) is 5. The summed E-state index contributed by atoms with van der Waals surface area (Å²) in [6.07, 6.45) is 4.88. The van der Waals surface area contributed by atoms with Crippen LogP contribution in [0.25, 0.3) is 22.3 Å². The number of nitrogens with one attached hydrogen (secondary N) is 2. The summed E-state index contributed by atoms with van der Waals surface area (Å²) in [4.78, 5) is 40.1. The Balaban J connectivity index is 1.62. The van der Waals surface area contributed by atoms with Crippen molar-refractivity contribution in [1.29, 1.82) is 0 Å². The summed E-state index contributed by atoms with van der Waals surface area (Å²) in [6.45, 7) is 6.56. The molecule has 8 nitrogen and oxygen atoms in total. The summed E-state index contributed by atoms with van der Waals surface area (Å²) < 4.78 is 0. The van der Waals surface area contributed by atoms with Crippen LogP contribution in [0.3, 0.4) is 0 Å². The molecule has 1 saturated heterocycles. The second kappa shape index (κ2) is 8.52. The molecule has 1 aliphatic rings. The second-order valence-corrected chi connectivity index (χ2v) is 7.45. The fourth-order valence-electron chi connectivity index (χ4n) is 3.74. The predicted molar refractivity (Wildman–Crippen MR) is 117 cm³/mol. The maximum Gasteiger partial charge on any atom is 0.224 e. The number of fused-ring (bicyclic) bond motifs is 1. The molecule has 1 fully saturated rings. The Morgan fingerprint density at radius 2 is 2.07 bits per heavy atom. The third kappa shape index (κ3) is 4.12. The van der Waals surface area contributed by atoms with E-state index in [1.165, 1.54) is 0 Å². The highest BCUT2D eigenvalue weighted by Gasteiger charge is 2.18. The van der Waals surface area contributed by atoms with Crippen molar-refractivity contribution in [2.45, 2.75) is 26.7 Å². The summed E-state index contributed by atoms with van der Waals surface area (Å²) in [5.41, 5.74) is 3.20. The molecule has 0 saturated carbocycles. The van der Waals surface area contributed by atoms with Crippen molar-refractivity contribution in [2.24, 2.45) is 0 Å². The van der Waals surface area contributed by atoms with E-state index in [4.69, 9.17) is 4.98 Å². The molecule has 0 unspecified atom stereocenters. The minimum Gasteiger partial charge on any atom is -0.355 e. The Labute approximate surface area is 175 Å². The minimum absolute atomic E-state index is 0.0471. The van der Waals surface area contributed by atoms with E-state index in [0.29, 0.717) is 18.7 Å². The van der Waals surface area contributed by atoms with Gasteiger partial charge in [-0.25, -0.2) is 9.97 Å². The summed E-state index contributed by atoms with van der Waals surface area (Å²) in [5, 5.41) is 3.77. The second-order valence-electron chi connectivity index (χ2n) is 7.45. The van der Waals surface area contributed by atoms with E-state index < -0.39 is 0 Å². The van der Waals surface area contributed by atoms with Crippen molar-refractivity contribution in [3.8, 4) is 11.3 Å². The Bertz CT molecular complexity index is 1080. The van der Waals surface area contributed by atoms with Crippen LogP contribution in [0.4, 0.5) is 11.5 Å². The SMILES string of the molecule is CCC(=O)Nc1cnc2[nH]cc(-c3cccc(N4CCCN(C(C)=O)CC4)n3)c2c1. The smallest absolute Gasteiger partial charge is 0.224 e. The highest BCUT2D eigenvalue weighted by Crippen LogP contribution is 2.29. The zero-order chi connectivity index (χ0) is 21.1. The summed E-state index contributed by atoms with van der Waals surface area (Å²) in [5.74, 6) is 0.973. The van der Waals surface area contributed by atoms with E-state index in [1.54, 1.807) is 13.1 Å². The molecule has 0 spiro atoms. The van der Waals surface area contributed by atoms with Crippen molar-refractivity contribution in [2.75, 3.05) is 36.4 Å². The fourth-order valence-corrected chi connectivity index (χ4v) is 3.74. The van der Waals surface area contributed by atoms with Crippen molar-refractivity contribution >= 4 is 34.4 Å². The molecule has 0 aliphatic carbocycles. The van der Waals surface area contributed by atoms with Gasteiger partial charge in [-0.3, -0.25) is 9.59 Å². The van der Waals surface area contributed by atoms with Crippen LogP contribution in [0.15, 0.2) is 36.7 Å². The van der Waals surface area contributed by atoms with Crippen molar-refractivity contribution < 1.29 is 9.59 Å². The molecule has 0 bridgehead atoms. The van der Waals surface area contributed by atoms with Gasteiger partial charge < -0.3 is 20.1 Å². The number of hydrogen-bond donors (Lipinski definition) is 2. The molecule has 2 N–H and O–H groups in total. The van der Waals surface area contributed by atoms with Gasteiger partial charge in [0.05, 0.1) is 17.6 Å². The average molecular weight is 406 g/mol. The quantitative estimate of drug-likeness (QED) is 0.695. The largest absolute Gasteiger partial charge is 0.355 e. The monoisotopic (exact) mass is 406 g/mol. The molecule has 0 aromatic carbocycles. The molecule has 1 aliphatic heterocycles. The van der Waals surface area contributed by atoms with E-state index in [0.717, 1.165) is 54.2 Å². The van der Waals surface area contributed by atoms with Crippen LogP contribution in [0.1, 0.15) is 26.7 Å². The number of carbonyl (C=O) groups excluding carboxylic acids is 2. The minimum atomic E-state index is -0.0471. The molecule has 156 valence electrons. The zero-order valence-corrected chi connectivity index (χ0v) is 17.3. The number of rotatable bonds is 4. The molecule has 30 heavy (non-hydrogen) atoms. The predicted octanol–water partition coefficient (Wildman–Crippen LogP) is 3.03. The number of anilines is 2. The molecule has 0 atom stereocenters. The molecule has 3 aromatic heterocycles. The number of nitrogens with zero attached hydrogens (tertiary/aromatic N) is 4. The van der Waals surface area contributed by atoms with Crippen LogP contribution in [0.2, 0.25) is 0 Å². The number of aromatic nitrogens is 3. The van der Waals surface area contributed by atoms with Gasteiger partial charge in [0, 0.05) is 56.7 Å². The highest BCUT2D eigenvalue weighted by molar-refractivity contribution is 5.97. The first kappa shape index (κ1) is 19.9. The van der Waals surface area contributed by atoms with Crippen LogP contribution in [0.5, 0.6) is 0 Å². The lowest BCUT2D eigenvalue weighted by molar-refractivity contribution is -0.128. The van der Waals surface area contributed by atoms with Gasteiger partial charge in [-0.1, -0.05) is 13.0 Å². The Kier molecular flexibility index (Phi) is 5.65. The van der Waals surface area contributed by atoms with Crippen molar-refractivity contribution in [3.05, 3.63) is 36.7 Å². The number of H-pyrrole nitrogens is 1. The Hall–Kier alpha value is -3.42. The molecule has 8 heteroatoms. The van der Waals surface area contributed by atoms with E-state index >= 15 is 0 Å². The number of pyridine rings is 2. The van der Waals surface area contributed by atoms with Gasteiger partial charge in [0.2, 0.25) is 11.8 Å². The first-order valence-electron chi connectivity index (χ1n) is 10.3. The number of aromatic amines is 1. The first-order chi connectivity index (χ1) is 14.5.